The third kappa shape index (κ3) is 13.3. The van der Waals surface area contributed by atoms with Crippen molar-refractivity contribution in [2.75, 3.05) is 70.7 Å². The van der Waals surface area contributed by atoms with E-state index < -0.39 is 47.0 Å². The number of nitrogens with one attached hydrogen (secondary N) is 1. The minimum absolute atomic E-state index is 0.0373. The molecule has 19 nitrogen and oxygen atoms in total. The number of carboxylic acids is 2. The normalized spacial score (nSPS) is 18.5. The Morgan fingerprint density at radius 3 is 1.63 bits per heavy atom. The van der Waals surface area contributed by atoms with E-state index in [9.17, 15) is 48.6 Å². The van der Waals surface area contributed by atoms with Gasteiger partial charge in [-0.3, -0.25) is 19.2 Å². The lowest BCUT2D eigenvalue weighted by atomic mass is 9.64. The molecule has 2 fully saturated rings. The number of amides is 4. The summed E-state index contributed by atoms with van der Waals surface area (Å²) in [4.78, 5) is 114. The standard InChI is InChI=1S/C42H46N4O6.C40H43N3O6/c1-25-13-16-37(47)46(25)52-38(48)12-6-7-17-43-40(49)28-14-15-29(30(22-28)41(50)51)39-31-20-26-10-8-18-44(4)35(26)23-33(31)42(2,3)34-24-36-27(21-32(34)39)11-9-19-45(36)5;1-40(18-8-4-5-15-37(46)49-43-35(44)16-17-36(43)45)31-23-33-25(11-9-19-41(33)2)21-29(31)38(27-13-6-7-14-28(27)39(47)48)30-22-26-12-10-20-42(3)34(26)24-32(30)40/h14-15,20-24H,1,6-13,16-19H2,2-5H3,(H-,43,49,50,51);6-7,13-14,21-24H,4-5,8-12,15-20H2,1-3H3. The summed E-state index contributed by atoms with van der Waals surface area (Å²) in [6, 6.07) is 30.5. The van der Waals surface area contributed by atoms with Crippen LogP contribution >= 0.6 is 0 Å². The van der Waals surface area contributed by atoms with Crippen LogP contribution in [-0.2, 0) is 70.2 Å². The first-order valence-electron chi connectivity index (χ1n) is 35.9. The summed E-state index contributed by atoms with van der Waals surface area (Å²) in [7, 11) is 8.54. The highest BCUT2D eigenvalue weighted by atomic mass is 16.7. The van der Waals surface area contributed by atoms with E-state index in [0.717, 1.165) is 146 Å². The van der Waals surface area contributed by atoms with Crippen LogP contribution in [0.2, 0.25) is 0 Å². The van der Waals surface area contributed by atoms with Crippen LogP contribution in [0.5, 0.6) is 0 Å². The lowest BCUT2D eigenvalue weighted by Gasteiger charge is -2.40. The highest BCUT2D eigenvalue weighted by molar-refractivity contribution is 6.03. The Hall–Kier alpha value is -10.0. The Bertz CT molecular complexity index is 4780. The summed E-state index contributed by atoms with van der Waals surface area (Å²) in [5, 5.41) is 34.4. The lowest BCUT2D eigenvalue weighted by Crippen LogP contribution is -2.43. The second kappa shape index (κ2) is 28.2. The molecule has 524 valence electrons. The summed E-state index contributed by atoms with van der Waals surface area (Å²) < 4.78 is 4.64. The predicted octanol–water partition coefficient (Wildman–Crippen LogP) is 5.80. The number of anilines is 2. The van der Waals surface area contributed by atoms with Gasteiger partial charge in [0.2, 0.25) is 10.7 Å². The van der Waals surface area contributed by atoms with E-state index in [-0.39, 0.29) is 66.7 Å². The first kappa shape index (κ1) is 69.4. The number of carbonyl (C=O) groups excluding carboxylic acids is 8. The van der Waals surface area contributed by atoms with Gasteiger partial charge in [0, 0.05) is 141 Å². The molecular weight excluding hydrogens is 1270 g/mol. The molecule has 0 bridgehead atoms. The summed E-state index contributed by atoms with van der Waals surface area (Å²) in [5.74, 6) is -5.29. The van der Waals surface area contributed by atoms with Crippen molar-refractivity contribution in [3.05, 3.63) is 208 Å². The van der Waals surface area contributed by atoms with E-state index in [4.69, 9.17) is 9.68 Å². The van der Waals surface area contributed by atoms with Crippen LogP contribution in [0, 0.1) is 0 Å². The maximum absolute atomic E-state index is 13.3. The molecule has 1 atom stereocenters. The average molecular weight is 1360 g/mol. The molecule has 14 rings (SSSR count). The largest absolute Gasteiger partial charge is 0.545 e. The molecular formula is C82H89N7O12. The zero-order valence-electron chi connectivity index (χ0n) is 59.1. The molecule has 2 saturated heterocycles. The van der Waals surface area contributed by atoms with E-state index in [0.29, 0.717) is 47.6 Å². The van der Waals surface area contributed by atoms with Gasteiger partial charge in [-0.1, -0.05) is 70.5 Å². The van der Waals surface area contributed by atoms with Gasteiger partial charge in [0.1, 0.15) is 27.2 Å². The number of aromatic carboxylic acids is 2. The van der Waals surface area contributed by atoms with Gasteiger partial charge in [0.25, 0.3) is 23.6 Å². The molecule has 1 N–H and O–H groups in total. The van der Waals surface area contributed by atoms with Gasteiger partial charge in [-0.05, 0) is 196 Å². The highest BCUT2D eigenvalue weighted by Crippen LogP contribution is 2.48. The van der Waals surface area contributed by atoms with Gasteiger partial charge >= 0.3 is 11.9 Å². The van der Waals surface area contributed by atoms with Crippen LogP contribution in [-0.4, -0.2) is 119 Å². The SMILES string of the molecule is C=C1CCC(=O)N1OC(=O)CCCCNC(=O)c1ccc(C2=c3cc4c(cc3C(C)(C)c3cc5c(cc32)CCCN5C)=[N+](C)CCC4)c(C(=O)[O-])c1.CN1CCCc2cc3c(cc21)C(C)(CCCCCC(=O)ON1C(=O)CCC1=O)c1cc2c(cc1=C3c1ccccc1C(=O)[O-])CCC[N+]=2C. The monoisotopic (exact) mass is 1360 g/mol. The smallest absolute Gasteiger partial charge is 0.333 e. The fourth-order valence-electron chi connectivity index (χ4n) is 16.7. The van der Waals surface area contributed by atoms with Crippen molar-refractivity contribution in [3.63, 3.8) is 0 Å². The van der Waals surface area contributed by atoms with Crippen LogP contribution in [0.4, 0.5) is 11.4 Å². The molecule has 0 saturated carbocycles. The van der Waals surface area contributed by atoms with Crippen molar-refractivity contribution in [1.29, 1.82) is 0 Å². The van der Waals surface area contributed by atoms with Gasteiger partial charge in [-0.15, -0.1) is 10.1 Å². The van der Waals surface area contributed by atoms with Gasteiger partial charge in [-0.2, -0.15) is 0 Å². The highest BCUT2D eigenvalue weighted by Gasteiger charge is 2.42. The van der Waals surface area contributed by atoms with Crippen molar-refractivity contribution in [2.24, 2.45) is 0 Å². The van der Waals surface area contributed by atoms with Crippen molar-refractivity contribution in [1.82, 2.24) is 24.6 Å². The fraction of sp³-hybridized carbons (Fsp3) is 0.415. The Balaban J connectivity index is 0.000000181. The van der Waals surface area contributed by atoms with Gasteiger partial charge < -0.3 is 44.6 Å². The quantitative estimate of drug-likeness (QED) is 0.0609. The zero-order chi connectivity index (χ0) is 71.3. The number of hydrogen-bond acceptors (Lipinski definition) is 14. The number of nitrogens with zero attached hydrogens (tertiary/aromatic N) is 6. The first-order chi connectivity index (χ1) is 48.4. The van der Waals surface area contributed by atoms with Crippen LogP contribution in [0.25, 0.3) is 11.1 Å². The summed E-state index contributed by atoms with van der Waals surface area (Å²) in [6.07, 6.45) is 13.0. The second-order valence-corrected chi connectivity index (χ2v) is 29.3. The summed E-state index contributed by atoms with van der Waals surface area (Å²) >= 11 is 0. The number of carbonyl (C=O) groups is 8. The molecule has 1 unspecified atom stereocenters. The number of hydrogen-bond donors (Lipinski definition) is 1. The predicted molar refractivity (Wildman–Crippen MR) is 379 cm³/mol. The van der Waals surface area contributed by atoms with Gasteiger partial charge in [-0.25, -0.2) is 18.7 Å². The molecule has 6 aromatic rings. The van der Waals surface area contributed by atoms with E-state index in [1.807, 2.05) is 12.1 Å². The van der Waals surface area contributed by atoms with Crippen molar-refractivity contribution in [2.45, 2.75) is 160 Å². The van der Waals surface area contributed by atoms with Crippen molar-refractivity contribution >= 4 is 70.0 Å². The van der Waals surface area contributed by atoms with Crippen molar-refractivity contribution in [3.8, 4) is 0 Å². The molecule has 4 amide bonds. The number of aryl methyl sites for hydroxylation is 4. The van der Waals surface area contributed by atoms with E-state index >= 15 is 0 Å². The maximum atomic E-state index is 13.3. The first-order valence-corrected chi connectivity index (χ1v) is 35.9. The molecule has 0 aromatic heterocycles. The van der Waals surface area contributed by atoms with Gasteiger partial charge in [0.05, 0.1) is 17.6 Å². The molecule has 8 aliphatic rings. The minimum atomic E-state index is -1.35. The number of fused-ring (bicyclic) bond motifs is 8. The molecule has 6 aromatic carbocycles. The van der Waals surface area contributed by atoms with Gasteiger partial charge in [0.15, 0.2) is 0 Å². The molecule has 0 spiro atoms. The molecule has 6 heterocycles. The molecule has 6 aliphatic heterocycles. The number of imide groups is 1. The van der Waals surface area contributed by atoms with E-state index in [2.05, 4.69) is 128 Å². The third-order valence-corrected chi connectivity index (χ3v) is 22.3. The van der Waals surface area contributed by atoms with Crippen molar-refractivity contribution < 1.29 is 58.2 Å². The Kier molecular flexibility index (Phi) is 19.4. The zero-order valence-corrected chi connectivity index (χ0v) is 59.1. The number of unbranched alkanes of at least 4 members (excludes halogenated alkanes) is 3. The molecule has 0 radical (unpaired) electrons. The number of benzene rings is 6. The van der Waals surface area contributed by atoms with Crippen LogP contribution in [0.15, 0.2) is 103 Å². The third-order valence-electron chi connectivity index (χ3n) is 22.3. The summed E-state index contributed by atoms with van der Waals surface area (Å²) in [5.41, 5.74) is 17.3. The average Bonchev–Trinajstić information content (AvgIpc) is 1.09. The topological polar surface area (TPSA) is 232 Å². The van der Waals surface area contributed by atoms with Crippen LogP contribution in [0.3, 0.4) is 0 Å². The van der Waals surface area contributed by atoms with E-state index in [1.165, 1.54) is 61.5 Å². The lowest BCUT2D eigenvalue weighted by molar-refractivity contribution is -0.256. The number of allylic oxidation sites excluding steroid dienone is 1. The second-order valence-electron chi connectivity index (χ2n) is 29.3. The molecule has 19 heteroatoms. The van der Waals surface area contributed by atoms with Crippen LogP contribution in [0.1, 0.15) is 221 Å². The Morgan fingerprint density at radius 2 is 1.04 bits per heavy atom. The number of hydroxylamine groups is 4. The number of carboxylic acid groups (broad SMARTS) is 2. The Labute approximate surface area is 588 Å². The van der Waals surface area contributed by atoms with E-state index in [1.54, 1.807) is 24.3 Å². The Morgan fingerprint density at radius 1 is 0.525 bits per heavy atom. The van der Waals surface area contributed by atoms with Crippen LogP contribution < -0.4 is 55.6 Å². The molecule has 2 aliphatic carbocycles. The summed E-state index contributed by atoms with van der Waals surface area (Å²) in [6.45, 7) is 14.8. The maximum Gasteiger partial charge on any atom is 0.333 e. The molecule has 101 heavy (non-hydrogen) atoms. The number of rotatable bonds is 18. The minimum Gasteiger partial charge on any atom is -0.545 e. The fourth-order valence-corrected chi connectivity index (χ4v) is 16.7.